The summed E-state index contributed by atoms with van der Waals surface area (Å²) in [5.41, 5.74) is 0.375. The Balaban J connectivity index is 2.84. The molecule has 1 aliphatic rings. The van der Waals surface area contributed by atoms with E-state index in [2.05, 4.69) is 0 Å². The Hall–Kier alpha value is -0.700. The van der Waals surface area contributed by atoms with E-state index in [4.69, 9.17) is 4.74 Å². The van der Waals surface area contributed by atoms with E-state index < -0.39 is 0 Å². The van der Waals surface area contributed by atoms with Crippen LogP contribution in [0.5, 0.6) is 0 Å². The van der Waals surface area contributed by atoms with Crippen molar-refractivity contribution in [2.45, 2.75) is 51.9 Å². The van der Waals surface area contributed by atoms with E-state index in [-0.39, 0.29) is 15.5 Å². The summed E-state index contributed by atoms with van der Waals surface area (Å²) in [6, 6.07) is 0. The van der Waals surface area contributed by atoms with Gasteiger partial charge in [0.25, 0.3) is 0 Å². The van der Waals surface area contributed by atoms with Crippen LogP contribution in [0.4, 0.5) is 0 Å². The number of carbonyl (C=O) groups excluding carboxylic acids is 1. The van der Waals surface area contributed by atoms with Gasteiger partial charge in [-0.25, -0.2) is 0 Å². The lowest BCUT2D eigenvalue weighted by Gasteiger charge is -2.28. The van der Waals surface area contributed by atoms with Crippen LogP contribution in [0.1, 0.15) is 41.5 Å². The first kappa shape index (κ1) is 13.4. The van der Waals surface area contributed by atoms with Gasteiger partial charge in [0.2, 0.25) is 5.12 Å². The van der Waals surface area contributed by atoms with E-state index in [1.54, 1.807) is 0 Å². The molecule has 0 fully saturated rings. The Bertz CT molecular complexity index is 357. The molecule has 0 aromatic heterocycles. The fraction of sp³-hybridized carbons (Fsp3) is 0.615. The molecule has 0 atom stereocenters. The van der Waals surface area contributed by atoms with Crippen molar-refractivity contribution in [1.82, 2.24) is 0 Å². The third-order valence-electron chi connectivity index (χ3n) is 2.07. The van der Waals surface area contributed by atoms with Gasteiger partial charge >= 0.3 is 0 Å². The van der Waals surface area contributed by atoms with E-state index in [1.807, 2.05) is 53.7 Å². The van der Waals surface area contributed by atoms with E-state index >= 15 is 0 Å². The molecule has 90 valence electrons. The minimum Gasteiger partial charge on any atom is -0.488 e. The highest BCUT2D eigenvalue weighted by atomic mass is 32.2. The van der Waals surface area contributed by atoms with Crippen molar-refractivity contribution in [3.8, 4) is 0 Å². The van der Waals surface area contributed by atoms with Gasteiger partial charge in [-0.15, -0.1) is 0 Å². The summed E-state index contributed by atoms with van der Waals surface area (Å²) >= 11 is 1.34. The summed E-state index contributed by atoms with van der Waals surface area (Å²) in [5.74, 6) is 0.717. The van der Waals surface area contributed by atoms with Crippen molar-refractivity contribution >= 4 is 16.9 Å². The average molecular weight is 240 g/mol. The SMILES string of the molecule is CC1=C(C(=O)SC(C)(C)C)C=CC(C)(C)O1. The number of hydrogen-bond acceptors (Lipinski definition) is 3. The van der Waals surface area contributed by atoms with Gasteiger partial charge in [0.1, 0.15) is 11.4 Å². The van der Waals surface area contributed by atoms with Crippen LogP contribution in [0.15, 0.2) is 23.5 Å². The Kier molecular flexibility index (Phi) is 3.58. The Labute approximate surface area is 102 Å². The fourth-order valence-corrected chi connectivity index (χ4v) is 2.31. The summed E-state index contributed by atoms with van der Waals surface area (Å²) in [7, 11) is 0. The van der Waals surface area contributed by atoms with Gasteiger partial charge in [0, 0.05) is 4.75 Å². The molecule has 16 heavy (non-hydrogen) atoms. The maximum absolute atomic E-state index is 12.0. The second kappa shape index (κ2) is 4.28. The summed E-state index contributed by atoms with van der Waals surface area (Å²) < 4.78 is 5.62. The van der Waals surface area contributed by atoms with Crippen LogP contribution in [0, 0.1) is 0 Å². The molecule has 0 bridgehead atoms. The number of thioether (sulfide) groups is 1. The van der Waals surface area contributed by atoms with Crippen LogP contribution in [-0.4, -0.2) is 15.5 Å². The smallest absolute Gasteiger partial charge is 0.223 e. The number of carbonyl (C=O) groups is 1. The van der Waals surface area contributed by atoms with Gasteiger partial charge in [0.15, 0.2) is 0 Å². The predicted octanol–water partition coefficient (Wildman–Crippen LogP) is 3.68. The summed E-state index contributed by atoms with van der Waals surface area (Å²) in [6.45, 7) is 11.9. The van der Waals surface area contributed by atoms with Crippen LogP contribution in [0.3, 0.4) is 0 Å². The standard InChI is InChI=1S/C13H20O2S/c1-9-10(7-8-13(5,6)15-9)11(14)16-12(2,3)4/h7-8H,1-6H3. The number of hydrogen-bond donors (Lipinski definition) is 0. The van der Waals surface area contributed by atoms with Crippen LogP contribution in [0.2, 0.25) is 0 Å². The lowest BCUT2D eigenvalue weighted by atomic mass is 10.0. The fourth-order valence-electron chi connectivity index (χ4n) is 1.43. The maximum Gasteiger partial charge on any atom is 0.223 e. The first-order valence-electron chi connectivity index (χ1n) is 5.43. The average Bonchev–Trinajstić information content (AvgIpc) is 1.97. The zero-order valence-corrected chi connectivity index (χ0v) is 11.7. The Morgan fingerprint density at radius 2 is 1.94 bits per heavy atom. The third kappa shape index (κ3) is 3.71. The summed E-state index contributed by atoms with van der Waals surface area (Å²) in [5, 5.41) is 0.0803. The third-order valence-corrected chi connectivity index (χ3v) is 3.08. The van der Waals surface area contributed by atoms with Gasteiger partial charge in [-0.2, -0.15) is 0 Å². The monoisotopic (exact) mass is 240 g/mol. The van der Waals surface area contributed by atoms with Gasteiger partial charge in [-0.05, 0) is 32.9 Å². The minimum atomic E-state index is -0.305. The molecule has 0 saturated heterocycles. The van der Waals surface area contributed by atoms with Gasteiger partial charge in [-0.1, -0.05) is 32.5 Å². The molecule has 3 heteroatoms. The zero-order valence-electron chi connectivity index (χ0n) is 10.9. The minimum absolute atomic E-state index is 0.0643. The highest BCUT2D eigenvalue weighted by molar-refractivity contribution is 8.15. The molecule has 0 unspecified atom stereocenters. The largest absolute Gasteiger partial charge is 0.488 e. The Morgan fingerprint density at radius 1 is 1.38 bits per heavy atom. The molecule has 0 aliphatic carbocycles. The molecule has 0 radical (unpaired) electrons. The molecule has 0 saturated carbocycles. The molecular weight excluding hydrogens is 220 g/mol. The predicted molar refractivity (Wildman–Crippen MR) is 69.4 cm³/mol. The molecular formula is C13H20O2S. The molecule has 0 spiro atoms. The second-order valence-electron chi connectivity index (χ2n) is 5.51. The van der Waals surface area contributed by atoms with Crippen molar-refractivity contribution in [1.29, 1.82) is 0 Å². The maximum atomic E-state index is 12.0. The second-order valence-corrected chi connectivity index (χ2v) is 7.31. The molecule has 0 aromatic rings. The van der Waals surface area contributed by atoms with Crippen molar-refractivity contribution in [2.24, 2.45) is 0 Å². The highest BCUT2D eigenvalue weighted by Crippen LogP contribution is 2.32. The van der Waals surface area contributed by atoms with Crippen molar-refractivity contribution < 1.29 is 9.53 Å². The molecule has 0 aromatic carbocycles. The number of allylic oxidation sites excluding steroid dienone is 2. The Morgan fingerprint density at radius 3 is 2.38 bits per heavy atom. The van der Waals surface area contributed by atoms with Crippen molar-refractivity contribution in [3.63, 3.8) is 0 Å². The van der Waals surface area contributed by atoms with E-state index in [1.165, 1.54) is 11.8 Å². The number of rotatable bonds is 1. The highest BCUT2D eigenvalue weighted by Gasteiger charge is 2.26. The first-order valence-corrected chi connectivity index (χ1v) is 6.25. The first-order chi connectivity index (χ1) is 7.11. The molecule has 2 nitrogen and oxygen atoms in total. The molecule has 0 amide bonds. The molecule has 1 rings (SSSR count). The van der Waals surface area contributed by atoms with Crippen LogP contribution >= 0.6 is 11.8 Å². The van der Waals surface area contributed by atoms with Gasteiger partial charge in [-0.3, -0.25) is 4.79 Å². The molecule has 1 aliphatic heterocycles. The normalized spacial score (nSPS) is 19.6. The van der Waals surface area contributed by atoms with Crippen LogP contribution in [0.25, 0.3) is 0 Å². The van der Waals surface area contributed by atoms with Crippen LogP contribution < -0.4 is 0 Å². The van der Waals surface area contributed by atoms with Crippen LogP contribution in [-0.2, 0) is 9.53 Å². The lowest BCUT2D eigenvalue weighted by molar-refractivity contribution is -0.108. The van der Waals surface area contributed by atoms with Crippen molar-refractivity contribution in [3.05, 3.63) is 23.5 Å². The lowest BCUT2D eigenvalue weighted by Crippen LogP contribution is -2.25. The van der Waals surface area contributed by atoms with E-state index in [0.29, 0.717) is 11.3 Å². The quantitative estimate of drug-likeness (QED) is 0.699. The van der Waals surface area contributed by atoms with Gasteiger partial charge in [0.05, 0.1) is 5.57 Å². The van der Waals surface area contributed by atoms with E-state index in [0.717, 1.165) is 0 Å². The molecule has 1 heterocycles. The molecule has 0 N–H and O–H groups in total. The van der Waals surface area contributed by atoms with E-state index in [9.17, 15) is 4.79 Å². The van der Waals surface area contributed by atoms with Gasteiger partial charge < -0.3 is 4.74 Å². The zero-order chi connectivity index (χ0) is 12.6. The summed E-state index contributed by atoms with van der Waals surface area (Å²) in [6.07, 6.45) is 3.80. The topological polar surface area (TPSA) is 26.3 Å². The van der Waals surface area contributed by atoms with Crippen molar-refractivity contribution in [2.75, 3.05) is 0 Å². The summed E-state index contributed by atoms with van der Waals surface area (Å²) in [4.78, 5) is 12.0. The number of ether oxygens (including phenoxy) is 1.